The maximum absolute atomic E-state index is 12.1. The fourth-order valence-electron chi connectivity index (χ4n) is 2.96. The zero-order valence-corrected chi connectivity index (χ0v) is 20.7. The van der Waals surface area contributed by atoms with Gasteiger partial charge in [-0.25, -0.2) is 8.42 Å². The number of carbonyl (C=O) groups is 1. The number of unbranched alkanes of at least 4 members (excludes halogenated alkanes) is 12. The molecule has 0 aliphatic heterocycles. The molecule has 1 atom stereocenters. The summed E-state index contributed by atoms with van der Waals surface area (Å²) in [4.78, 5) is 12.1. The van der Waals surface area contributed by atoms with Crippen molar-refractivity contribution in [1.29, 1.82) is 0 Å². The van der Waals surface area contributed by atoms with Crippen LogP contribution in [-0.4, -0.2) is 57.5 Å². The number of hydrogen-bond donors (Lipinski definition) is 0. The zero-order chi connectivity index (χ0) is 22.8. The molecular weight excluding hydrogens is 390 g/mol. The van der Waals surface area contributed by atoms with E-state index in [1.54, 1.807) is 0 Å². The molecule has 176 valence electrons. The van der Waals surface area contributed by atoms with Crippen LogP contribution in [0.25, 0.3) is 0 Å². The molecule has 0 aromatic rings. The fourth-order valence-corrected chi connectivity index (χ4v) is 2.96. The lowest BCUT2D eigenvalue weighted by Crippen LogP contribution is -2.47. The van der Waals surface area contributed by atoms with E-state index in [1.807, 2.05) is 0 Å². The molecular formula is C22H47NO5S. The largest absolute Gasteiger partial charge is 0.726 e. The standard InChI is InChI=1S/C21H44NO.CH4O4S/c1-6-7-8-9-10-11-12-13-14-15-16-17-18-19-21(23)20(2)22(3,4)5;1-5-6(2,3)4/h20H,6-19H2,1-5H3;1H3,(H,2,3,4)/q+1;/p-1. The van der Waals surface area contributed by atoms with Crippen LogP contribution >= 0.6 is 0 Å². The first-order valence-corrected chi connectivity index (χ1v) is 12.6. The predicted molar refractivity (Wildman–Crippen MR) is 120 cm³/mol. The highest BCUT2D eigenvalue weighted by Gasteiger charge is 2.25. The predicted octanol–water partition coefficient (Wildman–Crippen LogP) is 5.22. The van der Waals surface area contributed by atoms with Crippen molar-refractivity contribution in [3.8, 4) is 0 Å². The Kier molecular flexibility index (Phi) is 19.3. The highest BCUT2D eigenvalue weighted by Crippen LogP contribution is 2.14. The van der Waals surface area contributed by atoms with E-state index in [-0.39, 0.29) is 6.04 Å². The van der Waals surface area contributed by atoms with E-state index in [0.717, 1.165) is 24.4 Å². The monoisotopic (exact) mass is 437 g/mol. The molecule has 0 rings (SSSR count). The summed E-state index contributed by atoms with van der Waals surface area (Å²) in [5.74, 6) is 0.431. The maximum atomic E-state index is 12.1. The Balaban J connectivity index is 0. The van der Waals surface area contributed by atoms with Crippen LogP contribution in [0.1, 0.15) is 104 Å². The number of ketones is 1. The SMILES string of the molecule is CCCCCCCCCCCCCCCC(=O)C(C)[N+](C)(C)C.COS(=O)(=O)[O-]. The molecule has 0 N–H and O–H groups in total. The summed E-state index contributed by atoms with van der Waals surface area (Å²) in [6.07, 6.45) is 18.5. The highest BCUT2D eigenvalue weighted by atomic mass is 32.3. The lowest BCUT2D eigenvalue weighted by Gasteiger charge is -2.30. The third-order valence-corrected chi connectivity index (χ3v) is 5.77. The second kappa shape index (κ2) is 18.3. The molecule has 0 aliphatic carbocycles. The highest BCUT2D eigenvalue weighted by molar-refractivity contribution is 7.80. The number of likely N-dealkylation sites (N-methyl/N-ethyl adjacent to an activating group) is 1. The number of nitrogens with zero attached hydrogens (tertiary/aromatic N) is 1. The fraction of sp³-hybridized carbons (Fsp3) is 0.955. The lowest BCUT2D eigenvalue weighted by atomic mass is 10.0. The third kappa shape index (κ3) is 23.6. The van der Waals surface area contributed by atoms with Gasteiger partial charge in [0, 0.05) is 6.42 Å². The van der Waals surface area contributed by atoms with Crippen molar-refractivity contribution < 1.29 is 26.4 Å². The Labute approximate surface area is 180 Å². The summed E-state index contributed by atoms with van der Waals surface area (Å²) < 4.78 is 31.8. The van der Waals surface area contributed by atoms with E-state index in [2.05, 4.69) is 39.2 Å². The summed E-state index contributed by atoms with van der Waals surface area (Å²) in [7, 11) is 2.71. The van der Waals surface area contributed by atoms with Gasteiger partial charge in [0.05, 0.1) is 28.3 Å². The van der Waals surface area contributed by atoms with Crippen molar-refractivity contribution >= 4 is 16.2 Å². The average Bonchev–Trinajstić information content (AvgIpc) is 2.63. The van der Waals surface area contributed by atoms with Gasteiger partial charge in [-0.15, -0.1) is 0 Å². The summed E-state index contributed by atoms with van der Waals surface area (Å²) >= 11 is 0. The number of Topliss-reactive ketones (excluding diaryl/α,β-unsaturated/α-hetero) is 1. The molecule has 0 radical (unpaired) electrons. The van der Waals surface area contributed by atoms with Crippen molar-refractivity contribution in [3.63, 3.8) is 0 Å². The molecule has 0 fully saturated rings. The first kappa shape index (κ1) is 30.7. The molecule has 6 nitrogen and oxygen atoms in total. The zero-order valence-electron chi connectivity index (χ0n) is 19.9. The van der Waals surface area contributed by atoms with Crippen LogP contribution in [-0.2, 0) is 19.4 Å². The molecule has 0 bridgehead atoms. The summed E-state index contributed by atoms with van der Waals surface area (Å²) in [6.45, 7) is 4.34. The van der Waals surface area contributed by atoms with Crippen LogP contribution in [0, 0.1) is 0 Å². The first-order valence-electron chi connectivity index (χ1n) is 11.3. The molecule has 0 heterocycles. The lowest BCUT2D eigenvalue weighted by molar-refractivity contribution is -0.884. The van der Waals surface area contributed by atoms with Gasteiger partial charge in [0.1, 0.15) is 6.04 Å². The van der Waals surface area contributed by atoms with Crippen molar-refractivity contribution in [2.45, 2.75) is 110 Å². The van der Waals surface area contributed by atoms with Crippen molar-refractivity contribution in [2.75, 3.05) is 28.3 Å². The minimum Gasteiger partial charge on any atom is -0.726 e. The number of quaternary nitrogens is 1. The molecule has 0 saturated heterocycles. The average molecular weight is 438 g/mol. The van der Waals surface area contributed by atoms with Gasteiger partial charge in [0.2, 0.25) is 10.4 Å². The van der Waals surface area contributed by atoms with Gasteiger partial charge in [0.15, 0.2) is 5.78 Å². The van der Waals surface area contributed by atoms with Crippen LogP contribution < -0.4 is 0 Å². The third-order valence-electron chi connectivity index (χ3n) is 5.36. The Morgan fingerprint density at radius 3 is 1.41 bits per heavy atom. The Hall–Kier alpha value is -0.500. The van der Waals surface area contributed by atoms with Crippen LogP contribution in [0.3, 0.4) is 0 Å². The van der Waals surface area contributed by atoms with Gasteiger partial charge in [-0.1, -0.05) is 84.0 Å². The van der Waals surface area contributed by atoms with E-state index in [9.17, 15) is 17.8 Å². The molecule has 0 aromatic carbocycles. The maximum Gasteiger partial charge on any atom is 0.217 e. The van der Waals surface area contributed by atoms with E-state index in [4.69, 9.17) is 0 Å². The van der Waals surface area contributed by atoms with Crippen molar-refractivity contribution in [3.05, 3.63) is 0 Å². The molecule has 0 aromatic heterocycles. The van der Waals surface area contributed by atoms with Gasteiger partial charge < -0.3 is 9.04 Å². The number of rotatable bonds is 17. The van der Waals surface area contributed by atoms with Crippen LogP contribution in [0.2, 0.25) is 0 Å². The van der Waals surface area contributed by atoms with Crippen LogP contribution in [0.15, 0.2) is 0 Å². The first-order chi connectivity index (χ1) is 13.5. The van der Waals surface area contributed by atoms with Gasteiger partial charge in [-0.05, 0) is 13.3 Å². The van der Waals surface area contributed by atoms with Crippen molar-refractivity contribution in [1.82, 2.24) is 0 Å². The Bertz CT molecular complexity index is 486. The minimum absolute atomic E-state index is 0.132. The summed E-state index contributed by atoms with van der Waals surface area (Å²) in [5, 5.41) is 0. The summed E-state index contributed by atoms with van der Waals surface area (Å²) in [6, 6.07) is 0.132. The quantitative estimate of drug-likeness (QED) is 0.135. The molecule has 0 amide bonds. The van der Waals surface area contributed by atoms with E-state index in [1.165, 1.54) is 77.0 Å². The molecule has 29 heavy (non-hydrogen) atoms. The summed E-state index contributed by atoms with van der Waals surface area (Å²) in [5.41, 5.74) is 0. The van der Waals surface area contributed by atoms with Gasteiger partial charge in [-0.2, -0.15) is 0 Å². The minimum atomic E-state index is -4.41. The molecule has 0 aliphatic rings. The van der Waals surface area contributed by atoms with Gasteiger partial charge in [0.25, 0.3) is 0 Å². The van der Waals surface area contributed by atoms with Crippen molar-refractivity contribution in [2.24, 2.45) is 0 Å². The molecule has 0 saturated carbocycles. The topological polar surface area (TPSA) is 83.5 Å². The second-order valence-electron chi connectivity index (χ2n) is 8.83. The Morgan fingerprint density at radius 2 is 1.14 bits per heavy atom. The number of hydrogen-bond acceptors (Lipinski definition) is 5. The van der Waals surface area contributed by atoms with E-state index >= 15 is 0 Å². The van der Waals surface area contributed by atoms with Gasteiger partial charge >= 0.3 is 0 Å². The Morgan fingerprint density at radius 1 is 0.828 bits per heavy atom. The normalized spacial score (nSPS) is 12.9. The molecule has 0 spiro atoms. The van der Waals surface area contributed by atoms with Crippen LogP contribution in [0.4, 0.5) is 0 Å². The van der Waals surface area contributed by atoms with Crippen LogP contribution in [0.5, 0.6) is 0 Å². The van der Waals surface area contributed by atoms with E-state index in [0.29, 0.717) is 5.78 Å². The smallest absolute Gasteiger partial charge is 0.217 e. The second-order valence-corrected chi connectivity index (χ2v) is 9.98. The molecule has 7 heteroatoms. The van der Waals surface area contributed by atoms with Gasteiger partial charge in [-0.3, -0.25) is 8.98 Å². The molecule has 1 unspecified atom stereocenters. The van der Waals surface area contributed by atoms with E-state index < -0.39 is 10.4 Å². The number of carbonyl (C=O) groups excluding carboxylic acids is 1.